The molecule has 0 bridgehead atoms. The molecule has 1 aromatic rings. The summed E-state index contributed by atoms with van der Waals surface area (Å²) in [4.78, 5) is 8.76. The van der Waals surface area contributed by atoms with Gasteiger partial charge in [-0.2, -0.15) is 0 Å². The van der Waals surface area contributed by atoms with Crippen molar-refractivity contribution in [3.8, 4) is 0 Å². The Hall–Kier alpha value is -0.550. The van der Waals surface area contributed by atoms with Gasteiger partial charge in [-0.3, -0.25) is 4.99 Å². The SMILES string of the molecule is CC(C)C1CN=C(NCCc2cscn2)S1. The van der Waals surface area contributed by atoms with E-state index in [2.05, 4.69) is 34.5 Å². The molecule has 1 aromatic heterocycles. The first-order valence-corrected chi connectivity index (χ1v) is 7.40. The summed E-state index contributed by atoms with van der Waals surface area (Å²) >= 11 is 3.53. The predicted octanol–water partition coefficient (Wildman–Crippen LogP) is 2.40. The minimum absolute atomic E-state index is 0.654. The van der Waals surface area contributed by atoms with Gasteiger partial charge in [0.1, 0.15) is 0 Å². The van der Waals surface area contributed by atoms with Gasteiger partial charge >= 0.3 is 0 Å². The van der Waals surface area contributed by atoms with E-state index in [1.54, 1.807) is 11.3 Å². The smallest absolute Gasteiger partial charge is 0.156 e. The van der Waals surface area contributed by atoms with Crippen LogP contribution in [0.25, 0.3) is 0 Å². The van der Waals surface area contributed by atoms with Gasteiger partial charge in [0.25, 0.3) is 0 Å². The molecule has 0 fully saturated rings. The molecule has 1 unspecified atom stereocenters. The van der Waals surface area contributed by atoms with E-state index in [0.717, 1.165) is 24.7 Å². The highest BCUT2D eigenvalue weighted by molar-refractivity contribution is 8.14. The van der Waals surface area contributed by atoms with Crippen LogP contribution in [0.4, 0.5) is 0 Å². The molecule has 1 aliphatic rings. The first kappa shape index (κ1) is 11.9. The fourth-order valence-corrected chi connectivity index (χ4v) is 3.13. The van der Waals surface area contributed by atoms with Crippen molar-refractivity contribution in [2.45, 2.75) is 25.5 Å². The molecule has 2 rings (SSSR count). The monoisotopic (exact) mass is 255 g/mol. The first-order valence-electron chi connectivity index (χ1n) is 5.57. The lowest BCUT2D eigenvalue weighted by molar-refractivity contribution is 0.621. The van der Waals surface area contributed by atoms with Crippen molar-refractivity contribution in [2.75, 3.05) is 13.1 Å². The molecule has 0 saturated heterocycles. The van der Waals surface area contributed by atoms with E-state index >= 15 is 0 Å². The van der Waals surface area contributed by atoms with Gasteiger partial charge in [0.15, 0.2) is 5.17 Å². The topological polar surface area (TPSA) is 37.3 Å². The summed E-state index contributed by atoms with van der Waals surface area (Å²) in [5, 5.41) is 7.24. The van der Waals surface area contributed by atoms with Gasteiger partial charge < -0.3 is 5.32 Å². The number of aliphatic imine (C=N–C) groups is 1. The number of thiazole rings is 1. The van der Waals surface area contributed by atoms with Crippen LogP contribution in [0.15, 0.2) is 15.9 Å². The molecule has 88 valence electrons. The fraction of sp³-hybridized carbons (Fsp3) is 0.636. The zero-order chi connectivity index (χ0) is 11.4. The number of nitrogens with zero attached hydrogens (tertiary/aromatic N) is 2. The molecule has 1 N–H and O–H groups in total. The molecule has 0 aliphatic carbocycles. The second kappa shape index (κ2) is 5.68. The number of aromatic nitrogens is 1. The molecular formula is C11H17N3S2. The number of nitrogens with one attached hydrogen (secondary N) is 1. The van der Waals surface area contributed by atoms with Gasteiger partial charge in [-0.05, 0) is 5.92 Å². The second-order valence-electron chi connectivity index (χ2n) is 4.20. The molecule has 5 heteroatoms. The van der Waals surface area contributed by atoms with Crippen molar-refractivity contribution in [2.24, 2.45) is 10.9 Å². The van der Waals surface area contributed by atoms with E-state index in [0.29, 0.717) is 11.2 Å². The van der Waals surface area contributed by atoms with Crippen LogP contribution < -0.4 is 5.32 Å². The van der Waals surface area contributed by atoms with E-state index in [9.17, 15) is 0 Å². The Morgan fingerprint density at radius 2 is 2.44 bits per heavy atom. The maximum atomic E-state index is 4.51. The van der Waals surface area contributed by atoms with Crippen molar-refractivity contribution in [1.82, 2.24) is 10.3 Å². The van der Waals surface area contributed by atoms with Crippen LogP contribution in [0.3, 0.4) is 0 Å². The lowest BCUT2D eigenvalue weighted by Gasteiger charge is -2.11. The summed E-state index contributed by atoms with van der Waals surface area (Å²) in [5.41, 5.74) is 3.05. The average molecular weight is 255 g/mol. The zero-order valence-electron chi connectivity index (χ0n) is 9.64. The van der Waals surface area contributed by atoms with Crippen LogP contribution >= 0.6 is 23.1 Å². The molecule has 3 nitrogen and oxygen atoms in total. The summed E-state index contributed by atoms with van der Waals surface area (Å²) in [7, 11) is 0. The third kappa shape index (κ3) is 3.22. The van der Waals surface area contributed by atoms with Crippen LogP contribution in [0.1, 0.15) is 19.5 Å². The number of thioether (sulfide) groups is 1. The van der Waals surface area contributed by atoms with E-state index in [1.807, 2.05) is 17.3 Å². The van der Waals surface area contributed by atoms with Gasteiger partial charge in [-0.1, -0.05) is 25.6 Å². The summed E-state index contributed by atoms with van der Waals surface area (Å²) in [6.45, 7) is 6.40. The maximum Gasteiger partial charge on any atom is 0.156 e. The number of hydrogen-bond donors (Lipinski definition) is 1. The third-order valence-electron chi connectivity index (χ3n) is 2.56. The Bertz CT molecular complexity index is 346. The van der Waals surface area contributed by atoms with Crippen molar-refractivity contribution in [1.29, 1.82) is 0 Å². The number of hydrogen-bond acceptors (Lipinski definition) is 5. The van der Waals surface area contributed by atoms with Crippen molar-refractivity contribution in [3.05, 3.63) is 16.6 Å². The van der Waals surface area contributed by atoms with Crippen LogP contribution in [0.2, 0.25) is 0 Å². The lowest BCUT2D eigenvalue weighted by atomic mass is 10.1. The van der Waals surface area contributed by atoms with Gasteiger partial charge in [0.2, 0.25) is 0 Å². The van der Waals surface area contributed by atoms with Crippen molar-refractivity contribution >= 4 is 28.3 Å². The molecular weight excluding hydrogens is 238 g/mol. The second-order valence-corrected chi connectivity index (χ2v) is 6.15. The molecule has 2 heterocycles. The molecule has 1 aliphatic heterocycles. The highest BCUT2D eigenvalue weighted by atomic mass is 32.2. The molecule has 0 spiro atoms. The molecule has 0 saturated carbocycles. The molecule has 1 atom stereocenters. The number of amidine groups is 1. The van der Waals surface area contributed by atoms with Crippen molar-refractivity contribution in [3.63, 3.8) is 0 Å². The highest BCUT2D eigenvalue weighted by Crippen LogP contribution is 2.25. The zero-order valence-corrected chi connectivity index (χ0v) is 11.3. The van der Waals surface area contributed by atoms with Gasteiger partial charge in [-0.15, -0.1) is 11.3 Å². The summed E-state index contributed by atoms with van der Waals surface area (Å²) in [6.07, 6.45) is 0.982. The maximum absolute atomic E-state index is 4.51. The fourth-order valence-electron chi connectivity index (χ4n) is 1.49. The Morgan fingerprint density at radius 3 is 3.06 bits per heavy atom. The van der Waals surface area contributed by atoms with Crippen LogP contribution in [-0.2, 0) is 6.42 Å². The highest BCUT2D eigenvalue weighted by Gasteiger charge is 2.21. The average Bonchev–Trinajstić information content (AvgIpc) is 2.87. The van der Waals surface area contributed by atoms with E-state index in [-0.39, 0.29) is 0 Å². The van der Waals surface area contributed by atoms with Crippen molar-refractivity contribution < 1.29 is 0 Å². The number of rotatable bonds is 4. The van der Waals surface area contributed by atoms with E-state index in [1.165, 1.54) is 5.69 Å². The molecule has 0 amide bonds. The normalized spacial score (nSPS) is 20.2. The van der Waals surface area contributed by atoms with E-state index in [4.69, 9.17) is 0 Å². The van der Waals surface area contributed by atoms with Gasteiger partial charge in [0, 0.05) is 23.6 Å². The minimum Gasteiger partial charge on any atom is -0.365 e. The van der Waals surface area contributed by atoms with Gasteiger partial charge in [0.05, 0.1) is 17.7 Å². The summed E-state index contributed by atoms with van der Waals surface area (Å²) in [5.74, 6) is 0.701. The summed E-state index contributed by atoms with van der Waals surface area (Å²) in [6, 6.07) is 0. The third-order valence-corrected chi connectivity index (χ3v) is 4.69. The lowest BCUT2D eigenvalue weighted by Crippen LogP contribution is -2.23. The van der Waals surface area contributed by atoms with Crippen LogP contribution in [-0.4, -0.2) is 28.5 Å². The quantitative estimate of drug-likeness (QED) is 0.897. The predicted molar refractivity (Wildman–Crippen MR) is 72.3 cm³/mol. The Balaban J connectivity index is 1.68. The Labute approximate surface area is 105 Å². The largest absolute Gasteiger partial charge is 0.365 e. The standard InChI is InChI=1S/C11H17N3S2/c1-8(2)10-5-13-11(16-10)12-4-3-9-6-15-7-14-9/h6-8,10H,3-5H2,1-2H3,(H,12,13). The van der Waals surface area contributed by atoms with Crippen LogP contribution in [0.5, 0.6) is 0 Å². The van der Waals surface area contributed by atoms with E-state index < -0.39 is 0 Å². The Morgan fingerprint density at radius 1 is 1.56 bits per heavy atom. The first-order chi connectivity index (χ1) is 7.75. The molecule has 0 radical (unpaired) electrons. The van der Waals surface area contributed by atoms with Crippen LogP contribution in [0, 0.1) is 5.92 Å². The minimum atomic E-state index is 0.654. The molecule has 16 heavy (non-hydrogen) atoms. The summed E-state index contributed by atoms with van der Waals surface area (Å²) < 4.78 is 0. The Kier molecular flexibility index (Phi) is 4.23. The van der Waals surface area contributed by atoms with Gasteiger partial charge in [-0.25, -0.2) is 4.98 Å². The molecule has 0 aromatic carbocycles.